The first-order valence-corrected chi connectivity index (χ1v) is 7.44. The largest absolute Gasteiger partial charge is 0.416 e. The van der Waals surface area contributed by atoms with Crippen LogP contribution in [0.15, 0.2) is 0 Å². The zero-order valence-electron chi connectivity index (χ0n) is 11.5. The molecular weight excluding hydrogens is 296 g/mol. The van der Waals surface area contributed by atoms with Crippen LogP contribution < -0.4 is 0 Å². The van der Waals surface area contributed by atoms with Crippen LogP contribution >= 0.6 is 8.15 Å². The van der Waals surface area contributed by atoms with Crippen LogP contribution in [0, 0.1) is 18.3 Å². The van der Waals surface area contributed by atoms with Crippen molar-refractivity contribution in [3.63, 3.8) is 0 Å². The van der Waals surface area contributed by atoms with Crippen molar-refractivity contribution in [2.45, 2.75) is 33.8 Å². The van der Waals surface area contributed by atoms with Crippen molar-refractivity contribution in [3.05, 3.63) is 12.3 Å². The van der Waals surface area contributed by atoms with Crippen molar-refractivity contribution < 1.29 is 42.0 Å². The monoisotopic (exact) mass is 321 g/mol. The molecular formula is C12H25O2PY-2. The summed E-state index contributed by atoms with van der Waals surface area (Å²) in [6.45, 7) is 11.5. The molecule has 0 fully saturated rings. The molecule has 0 aromatic carbocycles. The van der Waals surface area contributed by atoms with Gasteiger partial charge in [-0.2, -0.15) is 19.8 Å². The molecule has 4 heteroatoms. The topological polar surface area (TPSA) is 18.5 Å². The van der Waals surface area contributed by atoms with Crippen LogP contribution in [-0.4, -0.2) is 32.6 Å². The molecule has 0 aliphatic heterocycles. The van der Waals surface area contributed by atoms with E-state index in [1.165, 1.54) is 5.92 Å². The van der Waals surface area contributed by atoms with Gasteiger partial charge in [-0.05, 0) is 12.8 Å². The van der Waals surface area contributed by atoms with Crippen LogP contribution in [0.3, 0.4) is 0 Å². The first-order chi connectivity index (χ1) is 7.06. The molecule has 0 amide bonds. The predicted molar refractivity (Wildman–Crippen MR) is 68.2 cm³/mol. The summed E-state index contributed by atoms with van der Waals surface area (Å²) in [4.78, 5) is 0. The molecule has 0 rings (SSSR count). The van der Waals surface area contributed by atoms with Crippen molar-refractivity contribution in [1.82, 2.24) is 0 Å². The smallest absolute Gasteiger partial charge is 0.0319 e. The van der Waals surface area contributed by atoms with E-state index in [0.29, 0.717) is 12.5 Å². The molecule has 2 nitrogen and oxygen atoms in total. The maximum Gasteiger partial charge on any atom is 0.0319 e. The summed E-state index contributed by atoms with van der Waals surface area (Å²) in [5.41, 5.74) is 0. The minimum Gasteiger partial charge on any atom is -0.416 e. The molecule has 0 aliphatic carbocycles. The molecule has 95 valence electrons. The fourth-order valence-electron chi connectivity index (χ4n) is 1.39. The molecule has 0 saturated carbocycles. The van der Waals surface area contributed by atoms with Gasteiger partial charge in [0.05, 0.1) is 0 Å². The van der Waals surface area contributed by atoms with Gasteiger partial charge in [-0.1, -0.05) is 26.6 Å². The number of rotatable bonds is 8. The van der Waals surface area contributed by atoms with E-state index in [1.807, 2.05) is 0 Å². The third-order valence-corrected chi connectivity index (χ3v) is 4.08. The van der Waals surface area contributed by atoms with Crippen molar-refractivity contribution in [1.29, 1.82) is 0 Å². The van der Waals surface area contributed by atoms with Gasteiger partial charge < -0.3 is 15.7 Å². The minimum absolute atomic E-state index is 0. The molecule has 3 unspecified atom stereocenters. The van der Waals surface area contributed by atoms with Crippen LogP contribution in [-0.2, 0) is 42.0 Å². The summed E-state index contributed by atoms with van der Waals surface area (Å²) < 4.78 is 11.3. The van der Waals surface area contributed by atoms with Gasteiger partial charge in [-0.3, -0.25) is 5.92 Å². The van der Waals surface area contributed by atoms with Gasteiger partial charge in [0, 0.05) is 48.0 Å². The fourth-order valence-corrected chi connectivity index (χ4v) is 2.30. The summed E-state index contributed by atoms with van der Waals surface area (Å²) >= 11 is 0. The average molecular weight is 321 g/mol. The quantitative estimate of drug-likeness (QED) is 0.503. The van der Waals surface area contributed by atoms with E-state index in [4.69, 9.17) is 9.26 Å². The molecule has 0 spiro atoms. The summed E-state index contributed by atoms with van der Waals surface area (Å²) in [7, 11) is 1.44. The van der Waals surface area contributed by atoms with E-state index in [9.17, 15) is 0 Å². The number of hydrogen-bond donors (Lipinski definition) is 0. The Bertz CT molecular complexity index is 158. The van der Waals surface area contributed by atoms with Gasteiger partial charge in [0.25, 0.3) is 0 Å². The Morgan fingerprint density at radius 1 is 1.44 bits per heavy atom. The van der Waals surface area contributed by atoms with E-state index >= 15 is 0 Å². The molecule has 0 saturated heterocycles. The van der Waals surface area contributed by atoms with E-state index in [0.717, 1.165) is 6.16 Å². The Morgan fingerprint density at radius 2 is 2.00 bits per heavy atom. The van der Waals surface area contributed by atoms with E-state index in [2.05, 4.69) is 40.8 Å². The second-order valence-electron chi connectivity index (χ2n) is 3.94. The Labute approximate surface area is 128 Å². The second-order valence-corrected chi connectivity index (χ2v) is 6.04. The SMILES string of the molecule is C[CH-]C(C)C(OP(C)CC)[C-](C)COC.[Y]. The van der Waals surface area contributed by atoms with Gasteiger partial charge >= 0.3 is 0 Å². The molecule has 0 aliphatic rings. The maximum absolute atomic E-state index is 6.08. The van der Waals surface area contributed by atoms with Crippen molar-refractivity contribution in [2.75, 3.05) is 26.5 Å². The first kappa shape index (κ1) is 19.8. The number of ether oxygens (including phenoxy) is 1. The van der Waals surface area contributed by atoms with Gasteiger partial charge in [-0.15, -0.1) is 0 Å². The average Bonchev–Trinajstić information content (AvgIpc) is 2.24. The van der Waals surface area contributed by atoms with Gasteiger partial charge in [0.15, 0.2) is 0 Å². The Morgan fingerprint density at radius 3 is 2.38 bits per heavy atom. The third-order valence-electron chi connectivity index (χ3n) is 2.60. The van der Waals surface area contributed by atoms with Crippen LogP contribution in [0.1, 0.15) is 27.7 Å². The Kier molecular flexibility index (Phi) is 14.3. The van der Waals surface area contributed by atoms with E-state index < -0.39 is 0 Å². The zero-order valence-corrected chi connectivity index (χ0v) is 15.2. The third kappa shape index (κ3) is 7.72. The maximum atomic E-state index is 6.08. The molecule has 0 bridgehead atoms. The van der Waals surface area contributed by atoms with E-state index in [1.54, 1.807) is 7.11 Å². The van der Waals surface area contributed by atoms with Crippen LogP contribution in [0.2, 0.25) is 0 Å². The van der Waals surface area contributed by atoms with Crippen molar-refractivity contribution >= 4 is 8.15 Å². The molecule has 0 N–H and O–H groups in total. The van der Waals surface area contributed by atoms with Gasteiger partial charge in [0.2, 0.25) is 0 Å². The predicted octanol–water partition coefficient (Wildman–Crippen LogP) is 3.52. The first-order valence-electron chi connectivity index (χ1n) is 5.55. The molecule has 0 aromatic rings. The van der Waals surface area contributed by atoms with Crippen molar-refractivity contribution in [3.8, 4) is 0 Å². The number of hydrogen-bond acceptors (Lipinski definition) is 2. The normalized spacial score (nSPS) is 16.7. The Balaban J connectivity index is 0. The molecule has 1 radical (unpaired) electrons. The van der Waals surface area contributed by atoms with Crippen LogP contribution in [0.5, 0.6) is 0 Å². The molecule has 3 atom stereocenters. The number of methoxy groups -OCH3 is 1. The molecule has 0 aromatic heterocycles. The summed E-state index contributed by atoms with van der Waals surface area (Å²) in [6, 6.07) is 0. The van der Waals surface area contributed by atoms with Gasteiger partial charge in [0.1, 0.15) is 0 Å². The van der Waals surface area contributed by atoms with Gasteiger partial charge in [-0.25, -0.2) is 0 Å². The standard InChI is InChI=1S/C12H25O2P.Y/c1-7-10(3)12(11(4)9-13-5)14-15(6)8-2;/h7,10,12H,8-9H2,1-6H3;/q-2;. The summed E-state index contributed by atoms with van der Waals surface area (Å²) in [5, 5.41) is 0. The molecule has 0 heterocycles. The molecule has 16 heavy (non-hydrogen) atoms. The van der Waals surface area contributed by atoms with E-state index in [-0.39, 0.29) is 47.0 Å². The van der Waals surface area contributed by atoms with Crippen molar-refractivity contribution in [2.24, 2.45) is 5.92 Å². The van der Waals surface area contributed by atoms with Crippen LogP contribution in [0.25, 0.3) is 0 Å². The summed E-state index contributed by atoms with van der Waals surface area (Å²) in [6.07, 6.45) is 3.52. The summed E-state index contributed by atoms with van der Waals surface area (Å²) in [5.74, 6) is 1.74. The Hall–Kier alpha value is 1.45. The zero-order chi connectivity index (χ0) is 11.8. The minimum atomic E-state index is -0.295. The second kappa shape index (κ2) is 11.5. The fraction of sp³-hybridized carbons (Fsp3) is 0.833. The van der Waals surface area contributed by atoms with Crippen LogP contribution in [0.4, 0.5) is 0 Å².